The molecule has 0 rings (SSSR count). The average molecular weight is 205 g/mol. The summed E-state index contributed by atoms with van der Waals surface area (Å²) in [6.07, 6.45) is 0. The fraction of sp³-hybridized carbons (Fsp3) is 0.500. The molecule has 13 heavy (non-hydrogen) atoms. The largest absolute Gasteiger partial charge is 0.352 e. The van der Waals surface area contributed by atoms with Gasteiger partial charge in [0.1, 0.15) is 5.75 Å². The summed E-state index contributed by atoms with van der Waals surface area (Å²) in [5.41, 5.74) is 0.835. The van der Waals surface area contributed by atoms with Gasteiger partial charge in [-0.1, -0.05) is 12.2 Å². The normalized spacial score (nSPS) is 14.6. The van der Waals surface area contributed by atoms with E-state index in [1.54, 1.807) is 6.92 Å². The molecular weight excluding hydrogens is 190 g/mol. The standard InChI is InChI=1S/C8H15NO3S/c1-7(2)5-9-8(10)6-13(4,11)12-3/h1,4-6H2,2-3H3,(H,9,10). The van der Waals surface area contributed by atoms with Crippen molar-refractivity contribution in [3.8, 4) is 0 Å². The Kier molecular flexibility index (Phi) is 4.72. The summed E-state index contributed by atoms with van der Waals surface area (Å²) in [5.74, 6) is 2.72. The van der Waals surface area contributed by atoms with Gasteiger partial charge in [0, 0.05) is 6.54 Å². The highest BCUT2D eigenvalue weighted by Crippen LogP contribution is 1.90. The van der Waals surface area contributed by atoms with Crippen LogP contribution in [0.2, 0.25) is 0 Å². The fourth-order valence-electron chi connectivity index (χ4n) is 0.559. The van der Waals surface area contributed by atoms with Gasteiger partial charge in [-0.15, -0.1) is 0 Å². The summed E-state index contributed by atoms with van der Waals surface area (Å²) >= 11 is 0. The lowest BCUT2D eigenvalue weighted by Crippen LogP contribution is -2.31. The zero-order chi connectivity index (χ0) is 10.5. The maximum atomic E-state index is 11.2. The summed E-state index contributed by atoms with van der Waals surface area (Å²) < 4.78 is 15.7. The molecule has 0 aliphatic carbocycles. The van der Waals surface area contributed by atoms with Crippen LogP contribution in [0.25, 0.3) is 0 Å². The van der Waals surface area contributed by atoms with Gasteiger partial charge in [0.15, 0.2) is 0 Å². The number of hydrogen-bond donors (Lipinski definition) is 1. The maximum absolute atomic E-state index is 11.2. The zero-order valence-electron chi connectivity index (χ0n) is 7.96. The highest BCUT2D eigenvalue weighted by molar-refractivity contribution is 7.96. The smallest absolute Gasteiger partial charge is 0.234 e. The third kappa shape index (κ3) is 6.36. The number of hydrogen-bond acceptors (Lipinski definition) is 3. The molecule has 5 heteroatoms. The number of carbonyl (C=O) groups is 1. The Morgan fingerprint density at radius 1 is 1.62 bits per heavy atom. The van der Waals surface area contributed by atoms with Crippen LogP contribution in [0.3, 0.4) is 0 Å². The lowest BCUT2D eigenvalue weighted by Gasteiger charge is -2.07. The predicted molar refractivity (Wildman–Crippen MR) is 55.0 cm³/mol. The van der Waals surface area contributed by atoms with Gasteiger partial charge in [0.05, 0.1) is 16.9 Å². The fourth-order valence-corrected chi connectivity index (χ4v) is 1.18. The number of rotatable bonds is 5. The van der Waals surface area contributed by atoms with E-state index in [9.17, 15) is 9.00 Å². The highest BCUT2D eigenvalue weighted by Gasteiger charge is 2.08. The van der Waals surface area contributed by atoms with Crippen LogP contribution in [0.4, 0.5) is 0 Å². The van der Waals surface area contributed by atoms with Crippen LogP contribution in [0.15, 0.2) is 12.2 Å². The molecule has 4 nitrogen and oxygen atoms in total. The topological polar surface area (TPSA) is 55.4 Å². The summed E-state index contributed by atoms with van der Waals surface area (Å²) in [5, 5.41) is 2.53. The Morgan fingerprint density at radius 3 is 2.54 bits per heavy atom. The van der Waals surface area contributed by atoms with Gasteiger partial charge >= 0.3 is 0 Å². The van der Waals surface area contributed by atoms with Gasteiger partial charge in [0.2, 0.25) is 5.91 Å². The number of amides is 1. The molecule has 1 amide bonds. The van der Waals surface area contributed by atoms with E-state index in [2.05, 4.69) is 21.9 Å². The molecular formula is C8H15NO3S. The van der Waals surface area contributed by atoms with Crippen LogP contribution >= 0.6 is 0 Å². The van der Waals surface area contributed by atoms with Crippen molar-refractivity contribution in [2.45, 2.75) is 6.92 Å². The first-order valence-corrected chi connectivity index (χ1v) is 5.51. The Bertz CT molecular complexity index is 293. The van der Waals surface area contributed by atoms with Crippen molar-refractivity contribution < 1.29 is 13.2 Å². The molecule has 1 unspecified atom stereocenters. The van der Waals surface area contributed by atoms with E-state index < -0.39 is 9.80 Å². The monoisotopic (exact) mass is 205 g/mol. The van der Waals surface area contributed by atoms with Gasteiger partial charge in [-0.2, -0.15) is 0 Å². The van der Waals surface area contributed by atoms with Gasteiger partial charge in [0.25, 0.3) is 0 Å². The minimum Gasteiger partial charge on any atom is -0.352 e. The second kappa shape index (κ2) is 5.04. The summed E-state index contributed by atoms with van der Waals surface area (Å²) in [7, 11) is -1.44. The maximum Gasteiger partial charge on any atom is 0.234 e. The van der Waals surface area contributed by atoms with Crippen LogP contribution in [0.1, 0.15) is 6.92 Å². The van der Waals surface area contributed by atoms with Crippen LogP contribution in [0.5, 0.6) is 0 Å². The van der Waals surface area contributed by atoms with Crippen molar-refractivity contribution in [3.63, 3.8) is 0 Å². The van der Waals surface area contributed by atoms with Gasteiger partial charge in [-0.05, 0) is 12.8 Å². The van der Waals surface area contributed by atoms with Crippen LogP contribution in [-0.2, 0) is 18.8 Å². The Balaban J connectivity index is 3.96. The molecule has 1 N–H and O–H groups in total. The van der Waals surface area contributed by atoms with E-state index in [1.165, 1.54) is 7.11 Å². The second-order valence-electron chi connectivity index (χ2n) is 2.79. The first-order valence-electron chi connectivity index (χ1n) is 3.69. The van der Waals surface area contributed by atoms with Crippen molar-refractivity contribution in [2.75, 3.05) is 19.4 Å². The zero-order valence-corrected chi connectivity index (χ0v) is 8.78. The van der Waals surface area contributed by atoms with Crippen molar-refractivity contribution >= 4 is 21.6 Å². The lowest BCUT2D eigenvalue weighted by molar-refractivity contribution is -0.118. The van der Waals surface area contributed by atoms with E-state index in [1.807, 2.05) is 0 Å². The summed E-state index contributed by atoms with van der Waals surface area (Å²) in [6.45, 7) is 5.79. The quantitative estimate of drug-likeness (QED) is 0.506. The molecule has 0 aliphatic heterocycles. The molecule has 0 aromatic rings. The molecule has 0 spiro atoms. The van der Waals surface area contributed by atoms with Crippen molar-refractivity contribution in [3.05, 3.63) is 12.2 Å². The minimum atomic E-state index is -2.71. The van der Waals surface area contributed by atoms with Crippen LogP contribution in [0, 0.1) is 0 Å². The molecule has 0 saturated carbocycles. The van der Waals surface area contributed by atoms with Crippen molar-refractivity contribution in [2.24, 2.45) is 0 Å². The van der Waals surface area contributed by atoms with E-state index >= 15 is 0 Å². The van der Waals surface area contributed by atoms with E-state index in [0.29, 0.717) is 6.54 Å². The first kappa shape index (κ1) is 12.2. The molecule has 0 aromatic heterocycles. The van der Waals surface area contributed by atoms with Crippen LogP contribution < -0.4 is 5.32 Å². The molecule has 76 valence electrons. The Hall–Kier alpha value is -0.810. The van der Waals surface area contributed by atoms with Crippen molar-refractivity contribution in [1.82, 2.24) is 5.32 Å². The van der Waals surface area contributed by atoms with E-state index in [-0.39, 0.29) is 11.7 Å². The second-order valence-corrected chi connectivity index (χ2v) is 4.90. The van der Waals surface area contributed by atoms with Gasteiger partial charge < -0.3 is 9.50 Å². The first-order chi connectivity index (χ1) is 5.87. The van der Waals surface area contributed by atoms with E-state index in [4.69, 9.17) is 0 Å². The molecule has 0 bridgehead atoms. The van der Waals surface area contributed by atoms with E-state index in [0.717, 1.165) is 5.57 Å². The molecule has 0 radical (unpaired) electrons. The molecule has 0 aliphatic rings. The van der Waals surface area contributed by atoms with Gasteiger partial charge in [-0.3, -0.25) is 4.79 Å². The van der Waals surface area contributed by atoms with Gasteiger partial charge in [-0.25, -0.2) is 4.21 Å². The summed E-state index contributed by atoms with van der Waals surface area (Å²) in [4.78, 5) is 11.1. The highest BCUT2D eigenvalue weighted by atomic mass is 32.2. The Labute approximate surface area is 79.2 Å². The molecule has 0 aromatic carbocycles. The third-order valence-corrected chi connectivity index (χ3v) is 2.55. The molecule has 0 heterocycles. The Morgan fingerprint density at radius 2 is 2.15 bits per heavy atom. The SMILES string of the molecule is C=C(C)CNC(=O)CS(=C)(=O)OC. The number of nitrogens with one attached hydrogen (secondary N) is 1. The summed E-state index contributed by atoms with van der Waals surface area (Å²) in [6, 6.07) is 0. The minimum absolute atomic E-state index is 0.212. The third-order valence-electron chi connectivity index (χ3n) is 1.24. The predicted octanol–water partition coefficient (Wildman–Crippen LogP) is -0.0435. The lowest BCUT2D eigenvalue weighted by atomic mass is 10.3. The number of carbonyl (C=O) groups excluding carboxylic acids is 1. The van der Waals surface area contributed by atoms with Crippen molar-refractivity contribution in [1.29, 1.82) is 0 Å². The average Bonchev–Trinajstić information content (AvgIpc) is 2.00. The molecule has 1 atom stereocenters. The molecule has 0 fully saturated rings. The van der Waals surface area contributed by atoms with Crippen LogP contribution in [-0.4, -0.2) is 35.4 Å². The molecule has 0 saturated heterocycles.